The number of hydrogen-bond donors (Lipinski definition) is 1. The van der Waals surface area contributed by atoms with Gasteiger partial charge in [-0.25, -0.2) is 4.68 Å². The average Bonchev–Trinajstić information content (AvgIpc) is 2.69. The standard InChI is InChI=1S/C15H20N2O/c1-4-10-17-15(18)13(14(16-17)11(2)3)12-8-6-5-7-9-12/h5-9,11,18H,4,10H2,1-3H3. The fraction of sp³-hybridized carbons (Fsp3) is 0.400. The summed E-state index contributed by atoms with van der Waals surface area (Å²) in [6.45, 7) is 7.03. The molecule has 3 nitrogen and oxygen atoms in total. The number of aryl methyl sites for hydroxylation is 1. The molecule has 2 rings (SSSR count). The molecule has 0 saturated carbocycles. The molecular formula is C15H20N2O. The second-order valence-electron chi connectivity index (χ2n) is 4.83. The molecule has 3 heteroatoms. The first kappa shape index (κ1) is 12.7. The molecule has 0 fully saturated rings. The van der Waals surface area contributed by atoms with Crippen molar-refractivity contribution in [1.29, 1.82) is 0 Å². The Bertz CT molecular complexity index is 515. The number of rotatable bonds is 4. The molecule has 1 N–H and O–H groups in total. The Morgan fingerprint density at radius 3 is 2.44 bits per heavy atom. The topological polar surface area (TPSA) is 38.0 Å². The molecule has 0 saturated heterocycles. The van der Waals surface area contributed by atoms with Crippen molar-refractivity contribution in [1.82, 2.24) is 9.78 Å². The fourth-order valence-corrected chi connectivity index (χ4v) is 2.12. The largest absolute Gasteiger partial charge is 0.493 e. The Labute approximate surface area is 108 Å². The van der Waals surface area contributed by atoms with Crippen LogP contribution in [0.1, 0.15) is 38.8 Å². The second kappa shape index (κ2) is 5.25. The highest BCUT2D eigenvalue weighted by Gasteiger charge is 2.20. The van der Waals surface area contributed by atoms with Crippen LogP contribution in [0, 0.1) is 0 Å². The molecule has 0 spiro atoms. The quantitative estimate of drug-likeness (QED) is 0.888. The highest BCUT2D eigenvalue weighted by atomic mass is 16.3. The van der Waals surface area contributed by atoms with Gasteiger partial charge in [0.15, 0.2) is 0 Å². The van der Waals surface area contributed by atoms with Crippen molar-refractivity contribution in [3.63, 3.8) is 0 Å². The molecule has 0 unspecified atom stereocenters. The lowest BCUT2D eigenvalue weighted by Gasteiger charge is -2.05. The van der Waals surface area contributed by atoms with Gasteiger partial charge in [0.05, 0.1) is 11.3 Å². The normalized spacial score (nSPS) is 11.1. The molecule has 0 aliphatic rings. The maximum absolute atomic E-state index is 10.3. The third kappa shape index (κ3) is 2.26. The van der Waals surface area contributed by atoms with Gasteiger partial charge in [0, 0.05) is 6.54 Å². The number of hydrogen-bond acceptors (Lipinski definition) is 2. The van der Waals surface area contributed by atoms with Crippen molar-refractivity contribution in [2.24, 2.45) is 0 Å². The maximum atomic E-state index is 10.3. The fourth-order valence-electron chi connectivity index (χ4n) is 2.12. The van der Waals surface area contributed by atoms with Crippen LogP contribution in [0.5, 0.6) is 5.88 Å². The smallest absolute Gasteiger partial charge is 0.217 e. The molecule has 0 radical (unpaired) electrons. The average molecular weight is 244 g/mol. The minimum atomic E-state index is 0.284. The first-order valence-corrected chi connectivity index (χ1v) is 6.50. The van der Waals surface area contributed by atoms with E-state index in [1.165, 1.54) is 0 Å². The zero-order valence-electron chi connectivity index (χ0n) is 11.2. The Balaban J connectivity index is 2.57. The van der Waals surface area contributed by atoms with Crippen LogP contribution in [-0.4, -0.2) is 14.9 Å². The van der Waals surface area contributed by atoms with E-state index in [4.69, 9.17) is 0 Å². The Morgan fingerprint density at radius 2 is 1.89 bits per heavy atom. The van der Waals surface area contributed by atoms with E-state index in [1.807, 2.05) is 30.3 Å². The first-order valence-electron chi connectivity index (χ1n) is 6.50. The summed E-state index contributed by atoms with van der Waals surface area (Å²) in [6.07, 6.45) is 0.959. The SMILES string of the molecule is CCCn1nc(C(C)C)c(-c2ccccc2)c1O. The minimum Gasteiger partial charge on any atom is -0.493 e. The minimum absolute atomic E-state index is 0.284. The zero-order chi connectivity index (χ0) is 13.1. The van der Waals surface area contributed by atoms with E-state index < -0.39 is 0 Å². The lowest BCUT2D eigenvalue weighted by atomic mass is 10.00. The van der Waals surface area contributed by atoms with Gasteiger partial charge in [0.1, 0.15) is 0 Å². The summed E-state index contributed by atoms with van der Waals surface area (Å²) in [4.78, 5) is 0. The highest BCUT2D eigenvalue weighted by Crippen LogP contribution is 2.36. The van der Waals surface area contributed by atoms with Crippen LogP contribution in [0.25, 0.3) is 11.1 Å². The van der Waals surface area contributed by atoms with Gasteiger partial charge in [0.2, 0.25) is 5.88 Å². The van der Waals surface area contributed by atoms with Gasteiger partial charge >= 0.3 is 0 Å². The van der Waals surface area contributed by atoms with E-state index in [-0.39, 0.29) is 5.88 Å². The van der Waals surface area contributed by atoms with E-state index in [9.17, 15) is 5.11 Å². The van der Waals surface area contributed by atoms with Gasteiger partial charge in [-0.15, -0.1) is 0 Å². The van der Waals surface area contributed by atoms with Gasteiger partial charge < -0.3 is 5.11 Å². The van der Waals surface area contributed by atoms with E-state index in [0.717, 1.165) is 29.8 Å². The third-order valence-electron chi connectivity index (χ3n) is 3.00. The summed E-state index contributed by atoms with van der Waals surface area (Å²) in [5.41, 5.74) is 2.87. The van der Waals surface area contributed by atoms with Crippen molar-refractivity contribution in [3.8, 4) is 17.0 Å². The van der Waals surface area contributed by atoms with Gasteiger partial charge in [-0.1, -0.05) is 51.1 Å². The molecule has 0 bridgehead atoms. The Morgan fingerprint density at radius 1 is 1.22 bits per heavy atom. The zero-order valence-corrected chi connectivity index (χ0v) is 11.2. The van der Waals surface area contributed by atoms with Crippen molar-refractivity contribution in [2.75, 3.05) is 0 Å². The summed E-state index contributed by atoms with van der Waals surface area (Å²) in [6, 6.07) is 9.97. The van der Waals surface area contributed by atoms with Crippen LogP contribution in [-0.2, 0) is 6.54 Å². The molecule has 0 amide bonds. The molecular weight excluding hydrogens is 224 g/mol. The monoisotopic (exact) mass is 244 g/mol. The number of nitrogens with zero attached hydrogens (tertiary/aromatic N) is 2. The molecule has 0 atom stereocenters. The Kier molecular flexibility index (Phi) is 3.70. The van der Waals surface area contributed by atoms with Gasteiger partial charge in [0.25, 0.3) is 0 Å². The van der Waals surface area contributed by atoms with Crippen molar-refractivity contribution >= 4 is 0 Å². The summed E-state index contributed by atoms with van der Waals surface area (Å²) >= 11 is 0. The van der Waals surface area contributed by atoms with Gasteiger partial charge in [-0.2, -0.15) is 5.10 Å². The van der Waals surface area contributed by atoms with Crippen LogP contribution < -0.4 is 0 Å². The van der Waals surface area contributed by atoms with Crippen LogP contribution in [0.3, 0.4) is 0 Å². The van der Waals surface area contributed by atoms with Crippen molar-refractivity contribution < 1.29 is 5.11 Å². The predicted molar refractivity (Wildman–Crippen MR) is 73.7 cm³/mol. The van der Waals surface area contributed by atoms with E-state index in [0.29, 0.717) is 5.92 Å². The molecule has 0 aliphatic carbocycles. The molecule has 2 aromatic rings. The van der Waals surface area contributed by atoms with Gasteiger partial charge in [-0.3, -0.25) is 0 Å². The lowest BCUT2D eigenvalue weighted by Crippen LogP contribution is -1.99. The maximum Gasteiger partial charge on any atom is 0.217 e. The second-order valence-corrected chi connectivity index (χ2v) is 4.83. The number of benzene rings is 1. The molecule has 0 aliphatic heterocycles. The molecule has 18 heavy (non-hydrogen) atoms. The number of aromatic hydroxyl groups is 1. The van der Waals surface area contributed by atoms with Crippen LogP contribution in [0.15, 0.2) is 30.3 Å². The van der Waals surface area contributed by atoms with E-state index >= 15 is 0 Å². The molecule has 1 aromatic heterocycles. The Hall–Kier alpha value is -1.77. The van der Waals surface area contributed by atoms with Crippen LogP contribution in [0.4, 0.5) is 0 Å². The predicted octanol–water partition coefficient (Wildman–Crippen LogP) is 3.79. The summed E-state index contributed by atoms with van der Waals surface area (Å²) in [5.74, 6) is 0.580. The number of aromatic nitrogens is 2. The summed E-state index contributed by atoms with van der Waals surface area (Å²) < 4.78 is 1.71. The molecule has 96 valence electrons. The van der Waals surface area contributed by atoms with Crippen molar-refractivity contribution in [3.05, 3.63) is 36.0 Å². The highest BCUT2D eigenvalue weighted by molar-refractivity contribution is 5.71. The van der Waals surface area contributed by atoms with E-state index in [1.54, 1.807) is 4.68 Å². The van der Waals surface area contributed by atoms with E-state index in [2.05, 4.69) is 25.9 Å². The summed E-state index contributed by atoms with van der Waals surface area (Å²) in [5, 5.41) is 14.9. The first-order chi connectivity index (χ1) is 8.65. The molecule has 1 heterocycles. The third-order valence-corrected chi connectivity index (χ3v) is 3.00. The lowest BCUT2D eigenvalue weighted by molar-refractivity contribution is 0.398. The van der Waals surface area contributed by atoms with Crippen molar-refractivity contribution in [2.45, 2.75) is 39.7 Å². The van der Waals surface area contributed by atoms with Crippen LogP contribution >= 0.6 is 0 Å². The molecule has 1 aromatic carbocycles. The van der Waals surface area contributed by atoms with Crippen LogP contribution in [0.2, 0.25) is 0 Å². The van der Waals surface area contributed by atoms with Gasteiger partial charge in [-0.05, 0) is 17.9 Å². The summed E-state index contributed by atoms with van der Waals surface area (Å²) in [7, 11) is 0.